The van der Waals surface area contributed by atoms with Crippen molar-refractivity contribution in [3.05, 3.63) is 45.5 Å². The molecule has 0 spiro atoms. The molecule has 2 N–H and O–H groups in total. The number of pyridine rings is 1. The Bertz CT molecular complexity index is 782. The fraction of sp³-hybridized carbons (Fsp3) is 0.0769. The third-order valence-corrected chi connectivity index (χ3v) is 3.57. The molecule has 2 heterocycles. The van der Waals surface area contributed by atoms with Gasteiger partial charge in [0.05, 0.1) is 10.7 Å². The number of fused-ring (bicyclic) bond motifs is 1. The molecule has 0 unspecified atom stereocenters. The van der Waals surface area contributed by atoms with E-state index in [1.165, 1.54) is 0 Å². The molecule has 2 aromatic heterocycles. The molecule has 0 aliphatic carbocycles. The van der Waals surface area contributed by atoms with Crippen molar-refractivity contribution in [1.29, 1.82) is 0 Å². The molecule has 0 atom stereocenters. The number of rotatable bonds is 1. The maximum Gasteiger partial charge on any atom is 0.207 e. The number of nitrogen functional groups attached to an aromatic ring is 1. The number of aromatic nitrogens is 3. The lowest BCUT2D eigenvalue weighted by Gasteiger charge is -2.08. The van der Waals surface area contributed by atoms with E-state index in [1.807, 2.05) is 31.2 Å². The highest BCUT2D eigenvalue weighted by atomic mass is 79.9. The summed E-state index contributed by atoms with van der Waals surface area (Å²) in [6.07, 6.45) is 1.71. The van der Waals surface area contributed by atoms with Crippen LogP contribution in [-0.4, -0.2) is 14.5 Å². The van der Waals surface area contributed by atoms with E-state index in [4.69, 9.17) is 17.3 Å². The third kappa shape index (κ3) is 2.09. The topological polar surface area (TPSA) is 56.7 Å². The zero-order valence-corrected chi connectivity index (χ0v) is 12.4. The molecule has 1 aromatic carbocycles. The number of imidazole rings is 1. The van der Waals surface area contributed by atoms with Crippen molar-refractivity contribution in [2.24, 2.45) is 0 Å². The van der Waals surface area contributed by atoms with Gasteiger partial charge in [0.1, 0.15) is 5.52 Å². The van der Waals surface area contributed by atoms with E-state index in [1.54, 1.807) is 10.8 Å². The second-order valence-corrected chi connectivity index (χ2v) is 5.58. The standard InChI is InChI=1S/C13H10BrClN4/c1-7-2-3-11(9(15)4-7)19-12-10(18-13(19)16)5-8(14)6-17-12/h2-6H,1H3,(H2,16,18). The Labute approximate surface area is 123 Å². The quantitative estimate of drug-likeness (QED) is 0.736. The first-order valence-electron chi connectivity index (χ1n) is 5.62. The maximum absolute atomic E-state index is 6.28. The molecule has 0 fully saturated rings. The Balaban J connectivity index is 2.33. The molecule has 0 aliphatic rings. The van der Waals surface area contributed by atoms with Crippen molar-refractivity contribution in [1.82, 2.24) is 14.5 Å². The van der Waals surface area contributed by atoms with Crippen LogP contribution in [0.3, 0.4) is 0 Å². The smallest absolute Gasteiger partial charge is 0.207 e. The van der Waals surface area contributed by atoms with E-state index in [0.29, 0.717) is 16.6 Å². The summed E-state index contributed by atoms with van der Waals surface area (Å²) in [4.78, 5) is 8.66. The Morgan fingerprint density at radius 2 is 2.11 bits per heavy atom. The monoisotopic (exact) mass is 336 g/mol. The van der Waals surface area contributed by atoms with Crippen LogP contribution < -0.4 is 5.73 Å². The summed E-state index contributed by atoms with van der Waals surface area (Å²) in [6, 6.07) is 7.66. The van der Waals surface area contributed by atoms with Crippen LogP contribution >= 0.6 is 27.5 Å². The van der Waals surface area contributed by atoms with Crippen molar-refractivity contribution < 1.29 is 0 Å². The van der Waals surface area contributed by atoms with Gasteiger partial charge in [0.25, 0.3) is 0 Å². The summed E-state index contributed by atoms with van der Waals surface area (Å²) in [7, 11) is 0. The normalized spacial score (nSPS) is 11.1. The van der Waals surface area contributed by atoms with Gasteiger partial charge in [0.15, 0.2) is 5.65 Å². The predicted octanol–water partition coefficient (Wildman–Crippen LogP) is 3.73. The Morgan fingerprint density at radius 3 is 2.84 bits per heavy atom. The molecule has 0 aliphatic heterocycles. The van der Waals surface area contributed by atoms with E-state index in [0.717, 1.165) is 21.2 Å². The van der Waals surface area contributed by atoms with Gasteiger partial charge in [-0.05, 0) is 46.6 Å². The lowest BCUT2D eigenvalue weighted by atomic mass is 10.2. The first-order chi connectivity index (χ1) is 9.06. The van der Waals surface area contributed by atoms with Crippen LogP contribution in [0.5, 0.6) is 0 Å². The van der Waals surface area contributed by atoms with E-state index in [9.17, 15) is 0 Å². The average Bonchev–Trinajstić information content (AvgIpc) is 2.65. The van der Waals surface area contributed by atoms with Gasteiger partial charge in [-0.3, -0.25) is 4.57 Å². The van der Waals surface area contributed by atoms with Crippen LogP contribution in [0.1, 0.15) is 5.56 Å². The van der Waals surface area contributed by atoms with Crippen molar-refractivity contribution in [2.75, 3.05) is 5.73 Å². The molecule has 0 saturated heterocycles. The lowest BCUT2D eigenvalue weighted by molar-refractivity contribution is 1.08. The van der Waals surface area contributed by atoms with Crippen LogP contribution in [0.4, 0.5) is 5.95 Å². The van der Waals surface area contributed by atoms with E-state index in [-0.39, 0.29) is 0 Å². The molecular formula is C13H10BrClN4. The third-order valence-electron chi connectivity index (χ3n) is 2.83. The largest absolute Gasteiger partial charge is 0.369 e. The number of nitrogens with zero attached hydrogens (tertiary/aromatic N) is 3. The summed E-state index contributed by atoms with van der Waals surface area (Å²) in [5.41, 5.74) is 9.26. The second-order valence-electron chi connectivity index (χ2n) is 4.26. The van der Waals surface area contributed by atoms with Crippen molar-refractivity contribution in [3.8, 4) is 5.69 Å². The SMILES string of the molecule is Cc1ccc(-n2c(N)nc3cc(Br)cnc32)c(Cl)c1. The first kappa shape index (κ1) is 12.4. The summed E-state index contributed by atoms with van der Waals surface area (Å²) in [5.74, 6) is 0.367. The fourth-order valence-corrected chi connectivity index (χ4v) is 2.63. The van der Waals surface area contributed by atoms with Gasteiger partial charge in [-0.1, -0.05) is 17.7 Å². The number of benzene rings is 1. The average molecular weight is 338 g/mol. The molecule has 0 radical (unpaired) electrons. The van der Waals surface area contributed by atoms with Gasteiger partial charge >= 0.3 is 0 Å². The Hall–Kier alpha value is -1.59. The van der Waals surface area contributed by atoms with Gasteiger partial charge in [-0.2, -0.15) is 0 Å². The molecule has 6 heteroatoms. The highest BCUT2D eigenvalue weighted by Gasteiger charge is 2.14. The summed E-state index contributed by atoms with van der Waals surface area (Å²) >= 11 is 9.65. The molecular weight excluding hydrogens is 328 g/mol. The molecule has 0 amide bonds. The van der Waals surface area contributed by atoms with Crippen LogP contribution in [0, 0.1) is 6.92 Å². The Morgan fingerprint density at radius 1 is 1.32 bits per heavy atom. The van der Waals surface area contributed by atoms with Crippen molar-refractivity contribution in [2.45, 2.75) is 6.92 Å². The van der Waals surface area contributed by atoms with Crippen molar-refractivity contribution >= 4 is 44.6 Å². The van der Waals surface area contributed by atoms with Crippen LogP contribution in [0.15, 0.2) is 34.9 Å². The van der Waals surface area contributed by atoms with Gasteiger partial charge in [-0.15, -0.1) is 0 Å². The molecule has 19 heavy (non-hydrogen) atoms. The Kier molecular flexibility index (Phi) is 2.95. The molecule has 0 saturated carbocycles. The molecule has 3 rings (SSSR count). The number of hydrogen-bond acceptors (Lipinski definition) is 3. The first-order valence-corrected chi connectivity index (χ1v) is 6.79. The van der Waals surface area contributed by atoms with E-state index in [2.05, 4.69) is 25.9 Å². The number of hydrogen-bond donors (Lipinski definition) is 1. The zero-order chi connectivity index (χ0) is 13.6. The predicted molar refractivity (Wildman–Crippen MR) is 80.7 cm³/mol. The lowest BCUT2D eigenvalue weighted by Crippen LogP contribution is -2.02. The summed E-state index contributed by atoms with van der Waals surface area (Å²) in [5, 5.41) is 0.621. The summed E-state index contributed by atoms with van der Waals surface area (Å²) < 4.78 is 2.61. The number of anilines is 1. The maximum atomic E-state index is 6.28. The fourth-order valence-electron chi connectivity index (χ4n) is 1.99. The highest BCUT2D eigenvalue weighted by Crippen LogP contribution is 2.28. The molecule has 3 aromatic rings. The van der Waals surface area contributed by atoms with Gasteiger partial charge < -0.3 is 5.73 Å². The minimum absolute atomic E-state index is 0.367. The number of nitrogens with two attached hydrogens (primary N) is 1. The van der Waals surface area contributed by atoms with Crippen LogP contribution in [0.2, 0.25) is 5.02 Å². The minimum Gasteiger partial charge on any atom is -0.369 e. The van der Waals surface area contributed by atoms with E-state index < -0.39 is 0 Å². The zero-order valence-electron chi connectivity index (χ0n) is 10.1. The van der Waals surface area contributed by atoms with Gasteiger partial charge in [0.2, 0.25) is 5.95 Å². The van der Waals surface area contributed by atoms with Gasteiger partial charge in [-0.25, -0.2) is 9.97 Å². The van der Waals surface area contributed by atoms with Crippen molar-refractivity contribution in [3.63, 3.8) is 0 Å². The number of halogens is 2. The molecule has 96 valence electrons. The van der Waals surface area contributed by atoms with Crippen LogP contribution in [0.25, 0.3) is 16.9 Å². The summed E-state index contributed by atoms with van der Waals surface area (Å²) in [6.45, 7) is 1.99. The minimum atomic E-state index is 0.367. The van der Waals surface area contributed by atoms with Gasteiger partial charge in [0, 0.05) is 10.7 Å². The second kappa shape index (κ2) is 4.51. The number of aryl methyl sites for hydroxylation is 1. The van der Waals surface area contributed by atoms with E-state index >= 15 is 0 Å². The molecule has 4 nitrogen and oxygen atoms in total. The van der Waals surface area contributed by atoms with Crippen LogP contribution in [-0.2, 0) is 0 Å². The molecule has 0 bridgehead atoms. The highest BCUT2D eigenvalue weighted by molar-refractivity contribution is 9.10.